The van der Waals surface area contributed by atoms with E-state index in [2.05, 4.69) is 5.32 Å². The predicted octanol–water partition coefficient (Wildman–Crippen LogP) is 3.28. The molecule has 7 nitrogen and oxygen atoms in total. The molecule has 2 aromatic rings. The summed E-state index contributed by atoms with van der Waals surface area (Å²) in [7, 11) is 1.60. The number of carbonyl (C=O) groups excluding carboxylic acids is 2. The van der Waals surface area contributed by atoms with Crippen LogP contribution in [0.15, 0.2) is 48.5 Å². The zero-order chi connectivity index (χ0) is 22.5. The molecule has 2 atom stereocenters. The molecule has 2 fully saturated rings. The SMILES string of the molecule is COc1ccccc1CN1C(=O)COC[C@@H]1[C@H](O)c1ccc(NC(=O)C2CCCC2)cc1. The fraction of sp³-hybridized carbons (Fsp3) is 0.440. The molecular formula is C25H30N2O5. The lowest BCUT2D eigenvalue weighted by Gasteiger charge is -2.38. The molecule has 170 valence electrons. The van der Waals surface area contributed by atoms with Crippen LogP contribution in [0.4, 0.5) is 5.69 Å². The van der Waals surface area contributed by atoms with Crippen molar-refractivity contribution in [2.24, 2.45) is 5.92 Å². The van der Waals surface area contributed by atoms with Crippen molar-refractivity contribution in [3.05, 3.63) is 59.7 Å². The van der Waals surface area contributed by atoms with E-state index in [1.165, 1.54) is 0 Å². The van der Waals surface area contributed by atoms with Gasteiger partial charge < -0.3 is 24.8 Å². The summed E-state index contributed by atoms with van der Waals surface area (Å²) in [6, 6.07) is 14.2. The lowest BCUT2D eigenvalue weighted by molar-refractivity contribution is -0.155. The Bertz CT molecular complexity index is 940. The standard InChI is InChI=1S/C25H30N2O5/c1-31-22-9-5-4-8-19(22)14-27-21(15-32-16-23(27)28)24(29)17-10-12-20(13-11-17)26-25(30)18-6-2-3-7-18/h4-5,8-13,18,21,24,29H,2-3,6-7,14-16H2,1H3,(H,26,30)/t21-,24-/m1/s1. The van der Waals surface area contributed by atoms with Gasteiger partial charge >= 0.3 is 0 Å². The van der Waals surface area contributed by atoms with Gasteiger partial charge in [0.25, 0.3) is 0 Å². The van der Waals surface area contributed by atoms with Crippen LogP contribution in [0.3, 0.4) is 0 Å². The van der Waals surface area contributed by atoms with Gasteiger partial charge in [0.05, 0.1) is 19.8 Å². The van der Waals surface area contributed by atoms with Gasteiger partial charge in [0.15, 0.2) is 0 Å². The highest BCUT2D eigenvalue weighted by molar-refractivity contribution is 5.92. The van der Waals surface area contributed by atoms with Gasteiger partial charge in [-0.15, -0.1) is 0 Å². The van der Waals surface area contributed by atoms with Crippen molar-refractivity contribution in [1.82, 2.24) is 4.90 Å². The predicted molar refractivity (Wildman–Crippen MR) is 120 cm³/mol. The largest absolute Gasteiger partial charge is 0.496 e. The van der Waals surface area contributed by atoms with Gasteiger partial charge in [0.1, 0.15) is 18.5 Å². The molecule has 0 aromatic heterocycles. The normalized spacial score (nSPS) is 20.2. The van der Waals surface area contributed by atoms with Crippen LogP contribution in [0.2, 0.25) is 0 Å². The second-order valence-corrected chi connectivity index (χ2v) is 8.45. The highest BCUT2D eigenvalue weighted by Gasteiger charge is 2.35. The third kappa shape index (κ3) is 4.95. The van der Waals surface area contributed by atoms with E-state index in [1.807, 2.05) is 24.3 Å². The smallest absolute Gasteiger partial charge is 0.249 e. The van der Waals surface area contributed by atoms with Gasteiger partial charge in [0, 0.05) is 23.7 Å². The van der Waals surface area contributed by atoms with Crippen LogP contribution < -0.4 is 10.1 Å². The minimum Gasteiger partial charge on any atom is -0.496 e. The summed E-state index contributed by atoms with van der Waals surface area (Å²) in [4.78, 5) is 26.7. The molecule has 4 rings (SSSR count). The molecule has 2 aliphatic rings. The summed E-state index contributed by atoms with van der Waals surface area (Å²) in [5.74, 6) is 0.674. The van der Waals surface area contributed by atoms with Gasteiger partial charge in [-0.05, 0) is 36.6 Å². The number of aliphatic hydroxyl groups is 1. The summed E-state index contributed by atoms with van der Waals surface area (Å²) in [6.45, 7) is 0.552. The Kier molecular flexibility index (Phi) is 7.07. The monoisotopic (exact) mass is 438 g/mol. The van der Waals surface area contributed by atoms with E-state index in [1.54, 1.807) is 36.3 Å². The number of carbonyl (C=O) groups is 2. The number of methoxy groups -OCH3 is 1. The Morgan fingerprint density at radius 2 is 1.91 bits per heavy atom. The second-order valence-electron chi connectivity index (χ2n) is 8.45. The van der Waals surface area contributed by atoms with E-state index < -0.39 is 12.1 Å². The van der Waals surface area contributed by atoms with E-state index >= 15 is 0 Å². The molecule has 2 amide bonds. The maximum absolute atomic E-state index is 12.6. The van der Waals surface area contributed by atoms with Crippen molar-refractivity contribution in [1.29, 1.82) is 0 Å². The number of ether oxygens (including phenoxy) is 2. The minimum absolute atomic E-state index is 0.00942. The lowest BCUT2D eigenvalue weighted by Crippen LogP contribution is -2.51. The number of morpholine rings is 1. The average Bonchev–Trinajstić information content (AvgIpc) is 3.36. The lowest BCUT2D eigenvalue weighted by atomic mass is 9.99. The molecule has 0 unspecified atom stereocenters. The Balaban J connectivity index is 1.46. The Morgan fingerprint density at radius 1 is 1.19 bits per heavy atom. The van der Waals surface area contributed by atoms with Crippen molar-refractivity contribution >= 4 is 17.5 Å². The molecule has 2 aromatic carbocycles. The number of aliphatic hydroxyl groups excluding tert-OH is 1. The molecular weight excluding hydrogens is 408 g/mol. The van der Waals surface area contributed by atoms with Gasteiger partial charge in [-0.1, -0.05) is 43.2 Å². The molecule has 0 spiro atoms. The van der Waals surface area contributed by atoms with Gasteiger partial charge in [-0.3, -0.25) is 9.59 Å². The van der Waals surface area contributed by atoms with Crippen LogP contribution in [0, 0.1) is 5.92 Å². The minimum atomic E-state index is -0.923. The summed E-state index contributed by atoms with van der Waals surface area (Å²) in [6.07, 6.45) is 3.18. The van der Waals surface area contributed by atoms with E-state index in [9.17, 15) is 14.7 Å². The Labute approximate surface area is 188 Å². The quantitative estimate of drug-likeness (QED) is 0.693. The first-order chi connectivity index (χ1) is 15.6. The molecule has 0 bridgehead atoms. The van der Waals surface area contributed by atoms with Gasteiger partial charge in [-0.25, -0.2) is 0 Å². The van der Waals surface area contributed by atoms with Crippen LogP contribution in [-0.4, -0.2) is 48.2 Å². The van der Waals surface area contributed by atoms with Gasteiger partial charge in [0.2, 0.25) is 11.8 Å². The van der Waals surface area contributed by atoms with E-state index in [-0.39, 0.29) is 30.9 Å². The first kappa shape index (κ1) is 22.3. The van der Waals surface area contributed by atoms with Crippen molar-refractivity contribution in [2.45, 2.75) is 44.4 Å². The number of amides is 2. The number of benzene rings is 2. The first-order valence-electron chi connectivity index (χ1n) is 11.1. The summed E-state index contributed by atoms with van der Waals surface area (Å²) >= 11 is 0. The topological polar surface area (TPSA) is 88.1 Å². The maximum atomic E-state index is 12.6. The third-order valence-corrected chi connectivity index (χ3v) is 6.38. The number of hydrogen-bond acceptors (Lipinski definition) is 5. The van der Waals surface area contributed by atoms with Crippen LogP contribution in [0.25, 0.3) is 0 Å². The molecule has 1 saturated heterocycles. The van der Waals surface area contributed by atoms with Crippen molar-refractivity contribution in [2.75, 3.05) is 25.6 Å². The van der Waals surface area contributed by atoms with Crippen molar-refractivity contribution in [3.8, 4) is 5.75 Å². The number of nitrogens with zero attached hydrogens (tertiary/aromatic N) is 1. The average molecular weight is 439 g/mol. The fourth-order valence-corrected chi connectivity index (χ4v) is 4.53. The van der Waals surface area contributed by atoms with Crippen LogP contribution in [-0.2, 0) is 20.9 Å². The van der Waals surface area contributed by atoms with Gasteiger partial charge in [-0.2, -0.15) is 0 Å². The number of anilines is 1. The van der Waals surface area contributed by atoms with E-state index in [0.717, 1.165) is 31.2 Å². The third-order valence-electron chi connectivity index (χ3n) is 6.38. The number of para-hydroxylation sites is 1. The second kappa shape index (κ2) is 10.1. The van der Waals surface area contributed by atoms with Crippen molar-refractivity contribution in [3.63, 3.8) is 0 Å². The van der Waals surface area contributed by atoms with Crippen molar-refractivity contribution < 1.29 is 24.2 Å². The Morgan fingerprint density at radius 3 is 2.62 bits per heavy atom. The molecule has 7 heteroatoms. The molecule has 1 aliphatic heterocycles. The van der Waals surface area contributed by atoms with Crippen LogP contribution >= 0.6 is 0 Å². The fourth-order valence-electron chi connectivity index (χ4n) is 4.53. The molecule has 0 radical (unpaired) electrons. The molecule has 32 heavy (non-hydrogen) atoms. The molecule has 1 heterocycles. The number of hydrogen-bond donors (Lipinski definition) is 2. The summed E-state index contributed by atoms with van der Waals surface area (Å²) in [5.41, 5.74) is 2.24. The maximum Gasteiger partial charge on any atom is 0.249 e. The zero-order valence-electron chi connectivity index (χ0n) is 18.3. The number of nitrogens with one attached hydrogen (secondary N) is 1. The summed E-state index contributed by atoms with van der Waals surface area (Å²) < 4.78 is 10.9. The molecule has 2 N–H and O–H groups in total. The zero-order valence-corrected chi connectivity index (χ0v) is 18.3. The van der Waals surface area contributed by atoms with E-state index in [0.29, 0.717) is 23.5 Å². The molecule has 1 aliphatic carbocycles. The highest BCUT2D eigenvalue weighted by Crippen LogP contribution is 2.29. The first-order valence-corrected chi connectivity index (χ1v) is 11.1. The van der Waals surface area contributed by atoms with Crippen LogP contribution in [0.1, 0.15) is 42.9 Å². The number of rotatable bonds is 7. The highest BCUT2D eigenvalue weighted by atomic mass is 16.5. The Hall–Kier alpha value is -2.90. The molecule has 1 saturated carbocycles. The summed E-state index contributed by atoms with van der Waals surface area (Å²) in [5, 5.41) is 14.1. The van der Waals surface area contributed by atoms with Crippen LogP contribution in [0.5, 0.6) is 5.75 Å². The van der Waals surface area contributed by atoms with E-state index in [4.69, 9.17) is 9.47 Å².